The van der Waals surface area contributed by atoms with E-state index in [0.29, 0.717) is 36.9 Å². The topological polar surface area (TPSA) is 95.7 Å². The first kappa shape index (κ1) is 13.4. The van der Waals surface area contributed by atoms with Crippen LogP contribution in [0, 0.1) is 5.82 Å². The lowest BCUT2D eigenvalue weighted by Gasteiger charge is -1.95. The molecule has 8 heteroatoms. The Kier molecular flexibility index (Phi) is 3.69. The van der Waals surface area contributed by atoms with Gasteiger partial charge in [-0.25, -0.2) is 9.07 Å². The minimum absolute atomic E-state index is 0.312. The van der Waals surface area contributed by atoms with Gasteiger partial charge in [0.1, 0.15) is 12.4 Å². The zero-order valence-corrected chi connectivity index (χ0v) is 11.1. The third kappa shape index (κ3) is 3.11. The number of nitrogens with zero attached hydrogens (tertiary/aromatic N) is 5. The quantitative estimate of drug-likeness (QED) is 0.753. The van der Waals surface area contributed by atoms with Crippen LogP contribution in [0.3, 0.4) is 0 Å². The lowest BCUT2D eigenvalue weighted by atomic mass is 10.2. The smallest absolute Gasteiger partial charge is 0.247 e. The average Bonchev–Trinajstić information content (AvgIpc) is 3.11. The van der Waals surface area contributed by atoms with E-state index in [0.717, 1.165) is 5.69 Å². The van der Waals surface area contributed by atoms with E-state index in [4.69, 9.17) is 10.2 Å². The zero-order valence-electron chi connectivity index (χ0n) is 11.1. The van der Waals surface area contributed by atoms with Crippen molar-refractivity contribution in [2.45, 2.75) is 13.0 Å². The second-order valence-corrected chi connectivity index (χ2v) is 4.45. The molecule has 2 heterocycles. The molecule has 7 nitrogen and oxygen atoms in total. The molecule has 0 aliphatic rings. The van der Waals surface area contributed by atoms with Gasteiger partial charge in [-0.1, -0.05) is 5.21 Å². The molecular weight excluding hydrogens is 275 g/mol. The van der Waals surface area contributed by atoms with Gasteiger partial charge in [0.15, 0.2) is 0 Å². The monoisotopic (exact) mass is 288 g/mol. The highest BCUT2D eigenvalue weighted by molar-refractivity contribution is 5.51. The first-order valence-corrected chi connectivity index (χ1v) is 6.42. The van der Waals surface area contributed by atoms with Gasteiger partial charge in [0, 0.05) is 18.2 Å². The van der Waals surface area contributed by atoms with Gasteiger partial charge in [0.25, 0.3) is 0 Å². The van der Waals surface area contributed by atoms with Crippen LogP contribution < -0.4 is 5.73 Å². The van der Waals surface area contributed by atoms with Crippen molar-refractivity contribution >= 4 is 0 Å². The summed E-state index contributed by atoms with van der Waals surface area (Å²) in [6, 6.07) is 5.86. The number of nitrogens with two attached hydrogens (primary N) is 1. The lowest BCUT2D eigenvalue weighted by Crippen LogP contribution is -2.03. The normalized spacial score (nSPS) is 11.0. The standard InChI is InChI=1S/C13H13FN6O/c14-10-3-1-9(2-4-10)13-18-17-12(21-13)8-20-7-11(5-6-15)16-19-20/h1-4,7H,5-6,8,15H2. The molecule has 0 atom stereocenters. The molecule has 0 spiro atoms. The molecule has 0 bridgehead atoms. The van der Waals surface area contributed by atoms with Gasteiger partial charge in [0.2, 0.25) is 11.8 Å². The first-order chi connectivity index (χ1) is 10.2. The fourth-order valence-corrected chi connectivity index (χ4v) is 1.84. The molecule has 0 saturated heterocycles. The molecule has 3 rings (SSSR count). The molecule has 0 radical (unpaired) electrons. The van der Waals surface area contributed by atoms with Crippen LogP contribution in [0.2, 0.25) is 0 Å². The van der Waals surface area contributed by atoms with E-state index >= 15 is 0 Å². The van der Waals surface area contributed by atoms with Crippen molar-refractivity contribution in [2.75, 3.05) is 6.54 Å². The van der Waals surface area contributed by atoms with Crippen molar-refractivity contribution in [3.05, 3.63) is 47.9 Å². The number of hydrogen-bond acceptors (Lipinski definition) is 6. The molecule has 2 aromatic heterocycles. The highest BCUT2D eigenvalue weighted by atomic mass is 19.1. The molecule has 0 amide bonds. The zero-order chi connectivity index (χ0) is 14.7. The Morgan fingerprint density at radius 2 is 1.95 bits per heavy atom. The minimum atomic E-state index is -0.312. The summed E-state index contributed by atoms with van der Waals surface area (Å²) < 4.78 is 20.0. The maximum Gasteiger partial charge on any atom is 0.247 e. The maximum atomic E-state index is 12.9. The number of aromatic nitrogens is 5. The Morgan fingerprint density at radius 3 is 2.71 bits per heavy atom. The van der Waals surface area contributed by atoms with Gasteiger partial charge in [-0.3, -0.25) is 0 Å². The van der Waals surface area contributed by atoms with E-state index in [2.05, 4.69) is 20.5 Å². The number of benzene rings is 1. The Balaban J connectivity index is 1.73. The number of halogens is 1. The summed E-state index contributed by atoms with van der Waals surface area (Å²) in [4.78, 5) is 0. The van der Waals surface area contributed by atoms with Crippen molar-refractivity contribution in [3.8, 4) is 11.5 Å². The summed E-state index contributed by atoms with van der Waals surface area (Å²) >= 11 is 0. The van der Waals surface area contributed by atoms with Crippen molar-refractivity contribution in [3.63, 3.8) is 0 Å². The van der Waals surface area contributed by atoms with Crippen LogP contribution in [0.4, 0.5) is 4.39 Å². The summed E-state index contributed by atoms with van der Waals surface area (Å²) in [5.41, 5.74) is 6.94. The Hall–Kier alpha value is -2.61. The van der Waals surface area contributed by atoms with Gasteiger partial charge < -0.3 is 10.2 Å². The summed E-state index contributed by atoms with van der Waals surface area (Å²) in [6.07, 6.45) is 2.46. The molecule has 0 aliphatic carbocycles. The van der Waals surface area contributed by atoms with Gasteiger partial charge in [-0.2, -0.15) is 0 Å². The van der Waals surface area contributed by atoms with E-state index in [1.807, 2.05) is 0 Å². The first-order valence-electron chi connectivity index (χ1n) is 6.42. The predicted octanol–water partition coefficient (Wildman–Crippen LogP) is 1.02. The van der Waals surface area contributed by atoms with Gasteiger partial charge in [0.05, 0.1) is 5.69 Å². The second-order valence-electron chi connectivity index (χ2n) is 4.45. The van der Waals surface area contributed by atoms with E-state index in [9.17, 15) is 4.39 Å². The molecule has 3 aromatic rings. The van der Waals surface area contributed by atoms with Crippen molar-refractivity contribution < 1.29 is 8.81 Å². The molecule has 0 saturated carbocycles. The van der Waals surface area contributed by atoms with Crippen LogP contribution >= 0.6 is 0 Å². The minimum Gasteiger partial charge on any atom is -0.419 e. The van der Waals surface area contributed by atoms with Crippen LogP contribution in [-0.4, -0.2) is 31.7 Å². The Morgan fingerprint density at radius 1 is 1.14 bits per heavy atom. The lowest BCUT2D eigenvalue weighted by molar-refractivity contribution is 0.469. The summed E-state index contributed by atoms with van der Waals surface area (Å²) in [5, 5.41) is 15.8. The van der Waals surface area contributed by atoms with Crippen LogP contribution in [0.25, 0.3) is 11.5 Å². The third-order valence-corrected chi connectivity index (χ3v) is 2.84. The van der Waals surface area contributed by atoms with Gasteiger partial charge in [-0.05, 0) is 30.8 Å². The van der Waals surface area contributed by atoms with Crippen molar-refractivity contribution in [1.29, 1.82) is 0 Å². The summed E-state index contributed by atoms with van der Waals surface area (Å²) in [7, 11) is 0. The van der Waals surface area contributed by atoms with E-state index in [-0.39, 0.29) is 5.82 Å². The molecule has 108 valence electrons. The SMILES string of the molecule is NCCc1cn(Cc2nnc(-c3ccc(F)cc3)o2)nn1. The number of rotatable bonds is 5. The highest BCUT2D eigenvalue weighted by Crippen LogP contribution is 2.18. The second kappa shape index (κ2) is 5.80. The fraction of sp³-hybridized carbons (Fsp3) is 0.231. The van der Waals surface area contributed by atoms with E-state index < -0.39 is 0 Å². The molecule has 0 unspecified atom stereocenters. The average molecular weight is 288 g/mol. The van der Waals surface area contributed by atoms with Crippen LogP contribution in [-0.2, 0) is 13.0 Å². The molecule has 0 fully saturated rings. The van der Waals surface area contributed by atoms with Crippen molar-refractivity contribution in [1.82, 2.24) is 25.2 Å². The molecule has 21 heavy (non-hydrogen) atoms. The molecule has 2 N–H and O–H groups in total. The highest BCUT2D eigenvalue weighted by Gasteiger charge is 2.10. The molecule has 0 aliphatic heterocycles. The van der Waals surface area contributed by atoms with Crippen molar-refractivity contribution in [2.24, 2.45) is 5.73 Å². The number of hydrogen-bond donors (Lipinski definition) is 1. The molecular formula is C13H13FN6O. The third-order valence-electron chi connectivity index (χ3n) is 2.84. The van der Waals surface area contributed by atoms with Crippen LogP contribution in [0.5, 0.6) is 0 Å². The largest absolute Gasteiger partial charge is 0.419 e. The van der Waals surface area contributed by atoms with E-state index in [1.165, 1.54) is 12.1 Å². The molecule has 1 aromatic carbocycles. The maximum absolute atomic E-state index is 12.9. The Bertz CT molecular complexity index is 720. The van der Waals surface area contributed by atoms with Crippen LogP contribution in [0.15, 0.2) is 34.9 Å². The Labute approximate surface area is 119 Å². The van der Waals surface area contributed by atoms with Crippen LogP contribution in [0.1, 0.15) is 11.6 Å². The summed E-state index contributed by atoms with van der Waals surface area (Å²) in [5.74, 6) is 0.430. The fourth-order valence-electron chi connectivity index (χ4n) is 1.84. The van der Waals surface area contributed by atoms with Gasteiger partial charge >= 0.3 is 0 Å². The summed E-state index contributed by atoms with van der Waals surface area (Å²) in [6.45, 7) is 0.847. The van der Waals surface area contributed by atoms with Gasteiger partial charge in [-0.15, -0.1) is 15.3 Å². The predicted molar refractivity (Wildman–Crippen MR) is 71.6 cm³/mol. The van der Waals surface area contributed by atoms with E-state index in [1.54, 1.807) is 23.0 Å².